The molecule has 1 atom stereocenters. The molecule has 1 nitrogen and oxygen atoms in total. The Morgan fingerprint density at radius 2 is 1.78 bits per heavy atom. The number of fused-ring (bicyclic) bond motifs is 6. The number of allylic oxidation sites excluding steroid dienone is 5. The lowest BCUT2D eigenvalue weighted by molar-refractivity contribution is 0.858. The van der Waals surface area contributed by atoms with Crippen molar-refractivity contribution >= 4 is 54.9 Å². The summed E-state index contributed by atoms with van der Waals surface area (Å²) in [4.78, 5) is 4.99. The maximum absolute atomic E-state index is 3.54. The lowest BCUT2D eigenvalue weighted by Gasteiger charge is -2.17. The van der Waals surface area contributed by atoms with Gasteiger partial charge in [0.15, 0.2) is 0 Å². The lowest BCUT2D eigenvalue weighted by atomic mass is 9.87. The molecule has 0 amide bonds. The Balaban J connectivity index is 1.21. The van der Waals surface area contributed by atoms with Crippen LogP contribution in [0.25, 0.3) is 43.5 Å². The molecule has 0 saturated carbocycles. The van der Waals surface area contributed by atoms with Gasteiger partial charge >= 0.3 is 0 Å². The van der Waals surface area contributed by atoms with Crippen LogP contribution in [0, 0.1) is 0 Å². The van der Waals surface area contributed by atoms with E-state index in [0.29, 0.717) is 5.92 Å². The van der Waals surface area contributed by atoms with Crippen LogP contribution in [0.3, 0.4) is 0 Å². The normalized spacial score (nSPS) is 17.9. The quantitative estimate of drug-likeness (QED) is 0.289. The molecule has 2 aromatic heterocycles. The molecule has 2 heteroatoms. The molecule has 0 aliphatic heterocycles. The molecular weight excluding hydrogens is 406 g/mol. The molecule has 0 radical (unpaired) electrons. The van der Waals surface area contributed by atoms with Gasteiger partial charge in [0.1, 0.15) is 0 Å². The van der Waals surface area contributed by atoms with E-state index in [4.69, 9.17) is 0 Å². The first-order valence-corrected chi connectivity index (χ1v) is 12.3. The molecule has 5 aromatic rings. The number of nitrogens with one attached hydrogen (secondary N) is 1. The third-order valence-electron chi connectivity index (χ3n) is 7.04. The summed E-state index contributed by atoms with van der Waals surface area (Å²) < 4.78 is 1.41. The van der Waals surface area contributed by atoms with E-state index in [2.05, 4.69) is 96.0 Å². The molecule has 0 bridgehead atoms. The summed E-state index contributed by atoms with van der Waals surface area (Å²) in [6, 6.07) is 22.5. The van der Waals surface area contributed by atoms with Crippen molar-refractivity contribution in [2.75, 3.05) is 0 Å². The number of aryl methyl sites for hydroxylation is 1. The summed E-state index contributed by atoms with van der Waals surface area (Å²) in [5.74, 6) is 0.430. The van der Waals surface area contributed by atoms with E-state index in [-0.39, 0.29) is 0 Å². The smallest absolute Gasteiger partial charge is 0.0465 e. The van der Waals surface area contributed by atoms with Gasteiger partial charge in [0, 0.05) is 37.3 Å². The number of benzene rings is 3. The van der Waals surface area contributed by atoms with E-state index in [1.54, 1.807) is 5.56 Å². The Labute approximate surface area is 191 Å². The fraction of sp³-hybridized carbons (Fsp3) is 0.133. The molecule has 0 spiro atoms. The molecule has 32 heavy (non-hydrogen) atoms. The summed E-state index contributed by atoms with van der Waals surface area (Å²) >= 11 is 1.93. The van der Waals surface area contributed by atoms with E-state index in [1.165, 1.54) is 59.9 Å². The van der Waals surface area contributed by atoms with E-state index in [0.717, 1.165) is 12.8 Å². The summed E-state index contributed by atoms with van der Waals surface area (Å²) in [7, 11) is 0. The number of rotatable bonds is 2. The van der Waals surface area contributed by atoms with Gasteiger partial charge in [0.2, 0.25) is 0 Å². The summed E-state index contributed by atoms with van der Waals surface area (Å²) in [5, 5.41) is 4.08. The van der Waals surface area contributed by atoms with Gasteiger partial charge in [-0.15, -0.1) is 11.3 Å². The zero-order valence-corrected chi connectivity index (χ0v) is 18.6. The molecule has 0 fully saturated rings. The predicted octanol–water partition coefficient (Wildman–Crippen LogP) is 8.62. The minimum Gasteiger partial charge on any atom is -0.355 e. The molecule has 7 rings (SSSR count). The summed E-state index contributed by atoms with van der Waals surface area (Å²) in [6.45, 7) is 0. The van der Waals surface area contributed by atoms with Crippen molar-refractivity contribution in [1.82, 2.24) is 4.98 Å². The Morgan fingerprint density at radius 1 is 0.844 bits per heavy atom. The van der Waals surface area contributed by atoms with Crippen LogP contribution < -0.4 is 0 Å². The molecular formula is C30H23NS. The van der Waals surface area contributed by atoms with Crippen molar-refractivity contribution in [3.05, 3.63) is 107 Å². The fourth-order valence-electron chi connectivity index (χ4n) is 5.34. The van der Waals surface area contributed by atoms with Crippen molar-refractivity contribution < 1.29 is 0 Å². The van der Waals surface area contributed by atoms with Crippen LogP contribution in [-0.4, -0.2) is 4.98 Å². The van der Waals surface area contributed by atoms with Gasteiger partial charge in [-0.05, 0) is 83.3 Å². The monoisotopic (exact) mass is 429 g/mol. The van der Waals surface area contributed by atoms with Crippen LogP contribution in [-0.2, 0) is 6.42 Å². The van der Waals surface area contributed by atoms with Crippen LogP contribution in [0.5, 0.6) is 0 Å². The van der Waals surface area contributed by atoms with Crippen LogP contribution in [0.4, 0.5) is 0 Å². The average Bonchev–Trinajstić information content (AvgIpc) is 3.41. The number of hydrogen-bond acceptors (Lipinski definition) is 1. The van der Waals surface area contributed by atoms with Gasteiger partial charge in [-0.1, -0.05) is 54.6 Å². The molecule has 2 aliphatic rings. The first-order valence-electron chi connectivity index (χ1n) is 11.4. The predicted molar refractivity (Wildman–Crippen MR) is 139 cm³/mol. The molecule has 1 N–H and O–H groups in total. The Kier molecular flexibility index (Phi) is 4.03. The zero-order chi connectivity index (χ0) is 21.1. The molecule has 2 aliphatic carbocycles. The number of para-hydroxylation sites is 1. The second-order valence-corrected chi connectivity index (χ2v) is 10.0. The third-order valence-corrected chi connectivity index (χ3v) is 8.22. The van der Waals surface area contributed by atoms with Crippen molar-refractivity contribution in [2.24, 2.45) is 0 Å². The van der Waals surface area contributed by atoms with Gasteiger partial charge < -0.3 is 4.98 Å². The van der Waals surface area contributed by atoms with Gasteiger partial charge in [-0.25, -0.2) is 0 Å². The second kappa shape index (κ2) is 7.08. The van der Waals surface area contributed by atoms with Gasteiger partial charge in [-0.2, -0.15) is 0 Å². The fourth-order valence-corrected chi connectivity index (χ4v) is 6.50. The largest absolute Gasteiger partial charge is 0.355 e. The SMILES string of the molecule is C1=Cc2sc3ccc(C4=CCC(c5ccc6[nH]c7ccccc7c6c5)C=C4)cc3c2CC1. The number of H-pyrrole nitrogens is 1. The highest BCUT2D eigenvalue weighted by Gasteiger charge is 2.16. The van der Waals surface area contributed by atoms with E-state index in [1.807, 2.05) is 11.3 Å². The molecule has 1 unspecified atom stereocenters. The molecule has 0 saturated heterocycles. The first kappa shape index (κ1) is 18.2. The van der Waals surface area contributed by atoms with Gasteiger partial charge in [0.25, 0.3) is 0 Å². The molecule has 2 heterocycles. The van der Waals surface area contributed by atoms with Crippen LogP contribution in [0.15, 0.2) is 85.0 Å². The van der Waals surface area contributed by atoms with Crippen molar-refractivity contribution in [3.8, 4) is 0 Å². The first-order chi connectivity index (χ1) is 15.8. The number of aromatic amines is 1. The van der Waals surface area contributed by atoms with E-state index < -0.39 is 0 Å². The minimum atomic E-state index is 0.430. The Hall–Kier alpha value is -3.36. The maximum Gasteiger partial charge on any atom is 0.0465 e. The third kappa shape index (κ3) is 2.83. The van der Waals surface area contributed by atoms with Gasteiger partial charge in [-0.3, -0.25) is 0 Å². The Bertz CT molecular complexity index is 1600. The number of thiophene rings is 1. The topological polar surface area (TPSA) is 15.8 Å². The molecule has 154 valence electrons. The average molecular weight is 430 g/mol. The summed E-state index contributed by atoms with van der Waals surface area (Å²) in [5.41, 5.74) is 8.05. The second-order valence-electron chi connectivity index (χ2n) is 8.93. The highest BCUT2D eigenvalue weighted by molar-refractivity contribution is 7.20. The van der Waals surface area contributed by atoms with Crippen molar-refractivity contribution in [2.45, 2.75) is 25.2 Å². The minimum absolute atomic E-state index is 0.430. The molecule has 3 aromatic carbocycles. The standard InChI is InChI=1S/C30H23NS/c1-3-7-27-23(5-1)25-17-21(13-15-28(25)31-27)19-9-11-20(12-10-19)22-14-16-30-26(18-22)24-6-2-4-8-29(24)32-30/h1,3-5,7-9,11-19,31H,2,6,10H2. The Morgan fingerprint density at radius 3 is 2.72 bits per heavy atom. The zero-order valence-electron chi connectivity index (χ0n) is 17.8. The highest BCUT2D eigenvalue weighted by atomic mass is 32.1. The maximum atomic E-state index is 3.54. The number of aromatic nitrogens is 1. The van der Waals surface area contributed by atoms with Crippen molar-refractivity contribution in [1.29, 1.82) is 0 Å². The van der Waals surface area contributed by atoms with Crippen LogP contribution in [0.1, 0.15) is 40.3 Å². The highest BCUT2D eigenvalue weighted by Crippen LogP contribution is 2.39. The van der Waals surface area contributed by atoms with Crippen LogP contribution in [0.2, 0.25) is 0 Å². The van der Waals surface area contributed by atoms with Crippen molar-refractivity contribution in [3.63, 3.8) is 0 Å². The van der Waals surface area contributed by atoms with Gasteiger partial charge in [0.05, 0.1) is 0 Å². The van der Waals surface area contributed by atoms with E-state index in [9.17, 15) is 0 Å². The van der Waals surface area contributed by atoms with Crippen LogP contribution >= 0.6 is 11.3 Å². The van der Waals surface area contributed by atoms with E-state index >= 15 is 0 Å². The summed E-state index contributed by atoms with van der Waals surface area (Å²) in [6.07, 6.45) is 15.1. The number of hydrogen-bond donors (Lipinski definition) is 1. The lowest BCUT2D eigenvalue weighted by Crippen LogP contribution is -1.98.